The molecule has 16 heteroatoms. The third-order valence-electron chi connectivity index (χ3n) is 11.3. The van der Waals surface area contributed by atoms with E-state index in [9.17, 15) is 20.1 Å². The van der Waals surface area contributed by atoms with E-state index in [-0.39, 0.29) is 17.5 Å². The van der Waals surface area contributed by atoms with Crippen LogP contribution in [0.1, 0.15) is 33.6 Å². The number of nitrogens with two attached hydrogens (primary N) is 1. The van der Waals surface area contributed by atoms with E-state index in [2.05, 4.69) is 48.0 Å². The SMILES string of the molecule is Cc1c(Cl)ccc(-c2c(-c3ccc4c(=O)[nH]nc(CNCc5ccc6ccc(-c7c(-c8cc(F)c9c(=O)[nH]nc(CN)c9c8)cnn7C)c(C#N)c6c5)c4c3)cnn2C)c1C#N. The number of hydrogen-bond acceptors (Lipinski definition) is 10. The topological polar surface area (TPSA) is 213 Å². The highest BCUT2D eigenvalue weighted by Crippen LogP contribution is 2.39. The Morgan fingerprint density at radius 1 is 0.726 bits per heavy atom. The summed E-state index contributed by atoms with van der Waals surface area (Å²) in [6.07, 6.45) is 3.33. The zero-order valence-electron chi connectivity index (χ0n) is 33.4. The van der Waals surface area contributed by atoms with Gasteiger partial charge < -0.3 is 11.1 Å². The lowest BCUT2D eigenvalue weighted by molar-refractivity contribution is 0.638. The van der Waals surface area contributed by atoms with Crippen molar-refractivity contribution in [3.05, 3.63) is 150 Å². The average molecular weight is 841 g/mol. The summed E-state index contributed by atoms with van der Waals surface area (Å²) in [7, 11) is 3.56. The smallest absolute Gasteiger partial charge is 0.275 e. The number of aromatic nitrogens is 8. The maximum Gasteiger partial charge on any atom is 0.275 e. The molecule has 0 saturated heterocycles. The van der Waals surface area contributed by atoms with E-state index in [4.69, 9.17) is 17.3 Å². The number of aromatic amines is 2. The van der Waals surface area contributed by atoms with Gasteiger partial charge in [0, 0.05) is 77.2 Å². The Kier molecular flexibility index (Phi) is 10.0. The Bertz CT molecular complexity index is 3540. The summed E-state index contributed by atoms with van der Waals surface area (Å²) in [5.41, 5.74) is 13.4. The minimum atomic E-state index is -0.728. The summed E-state index contributed by atoms with van der Waals surface area (Å²) >= 11 is 6.37. The number of nitrogens with one attached hydrogen (secondary N) is 3. The second kappa shape index (κ2) is 15.7. The number of aryl methyl sites for hydroxylation is 2. The third-order valence-corrected chi connectivity index (χ3v) is 11.7. The minimum Gasteiger partial charge on any atom is -0.325 e. The van der Waals surface area contributed by atoms with E-state index in [0.29, 0.717) is 95.7 Å². The lowest BCUT2D eigenvalue weighted by Crippen LogP contribution is -2.18. The van der Waals surface area contributed by atoms with Gasteiger partial charge in [-0.3, -0.25) is 19.0 Å². The monoisotopic (exact) mass is 840 g/mol. The summed E-state index contributed by atoms with van der Waals surface area (Å²) in [5.74, 6) is -0.728. The zero-order valence-corrected chi connectivity index (χ0v) is 34.2. The highest BCUT2D eigenvalue weighted by atomic mass is 35.5. The molecule has 9 aromatic rings. The van der Waals surface area contributed by atoms with Crippen LogP contribution >= 0.6 is 11.6 Å². The maximum atomic E-state index is 15.6. The van der Waals surface area contributed by atoms with Crippen LogP contribution in [0, 0.1) is 35.4 Å². The van der Waals surface area contributed by atoms with Gasteiger partial charge in [0.25, 0.3) is 11.1 Å². The van der Waals surface area contributed by atoms with Gasteiger partial charge in [0.1, 0.15) is 18.0 Å². The average Bonchev–Trinajstić information content (AvgIpc) is 3.86. The maximum absolute atomic E-state index is 15.6. The zero-order chi connectivity index (χ0) is 43.4. The van der Waals surface area contributed by atoms with Gasteiger partial charge in [-0.25, -0.2) is 14.6 Å². The normalized spacial score (nSPS) is 11.4. The fourth-order valence-corrected chi connectivity index (χ4v) is 8.37. The van der Waals surface area contributed by atoms with Gasteiger partial charge in [0.2, 0.25) is 0 Å². The van der Waals surface area contributed by atoms with Gasteiger partial charge in [0.05, 0.1) is 57.1 Å². The van der Waals surface area contributed by atoms with Crippen molar-refractivity contribution in [2.45, 2.75) is 26.6 Å². The molecule has 5 aromatic carbocycles. The first-order valence-electron chi connectivity index (χ1n) is 19.3. The Morgan fingerprint density at radius 2 is 1.37 bits per heavy atom. The molecule has 0 fully saturated rings. The molecule has 4 heterocycles. The fraction of sp³-hybridized carbons (Fsp3) is 0.130. The van der Waals surface area contributed by atoms with E-state index in [1.807, 2.05) is 62.5 Å². The van der Waals surface area contributed by atoms with Crippen LogP contribution in [0.3, 0.4) is 0 Å². The minimum absolute atomic E-state index is 0.0143. The molecule has 0 aliphatic heterocycles. The molecule has 14 nitrogen and oxygen atoms in total. The summed E-state index contributed by atoms with van der Waals surface area (Å²) in [5, 5.41) is 49.9. The number of rotatable bonds is 9. The van der Waals surface area contributed by atoms with Gasteiger partial charge in [-0.1, -0.05) is 41.9 Å². The van der Waals surface area contributed by atoms with Crippen molar-refractivity contribution in [2.24, 2.45) is 19.8 Å². The van der Waals surface area contributed by atoms with E-state index < -0.39 is 11.4 Å². The second-order valence-corrected chi connectivity index (χ2v) is 15.3. The number of nitriles is 2. The fourth-order valence-electron chi connectivity index (χ4n) is 8.22. The molecular formula is C46H34ClFN12O2. The second-order valence-electron chi connectivity index (χ2n) is 14.9. The molecule has 9 rings (SSSR count). The van der Waals surface area contributed by atoms with Crippen molar-refractivity contribution in [1.29, 1.82) is 10.5 Å². The number of H-pyrrole nitrogens is 2. The lowest BCUT2D eigenvalue weighted by atomic mass is 9.92. The van der Waals surface area contributed by atoms with Gasteiger partial charge in [-0.15, -0.1) is 0 Å². The van der Waals surface area contributed by atoms with Crippen molar-refractivity contribution in [3.63, 3.8) is 0 Å². The first-order valence-corrected chi connectivity index (χ1v) is 19.7. The van der Waals surface area contributed by atoms with Crippen LogP contribution in [0.2, 0.25) is 5.02 Å². The number of halogens is 2. The number of nitrogens with zero attached hydrogens (tertiary/aromatic N) is 8. The van der Waals surface area contributed by atoms with Crippen molar-refractivity contribution in [1.82, 2.24) is 45.3 Å². The molecule has 0 aliphatic carbocycles. The molecule has 62 heavy (non-hydrogen) atoms. The Labute approximate surface area is 356 Å². The molecular weight excluding hydrogens is 807 g/mol. The molecule has 0 radical (unpaired) electrons. The van der Waals surface area contributed by atoms with Crippen molar-refractivity contribution in [3.8, 4) is 56.9 Å². The van der Waals surface area contributed by atoms with Crippen molar-refractivity contribution >= 4 is 43.9 Å². The van der Waals surface area contributed by atoms with E-state index in [1.165, 1.54) is 6.07 Å². The van der Waals surface area contributed by atoms with Crippen LogP contribution in [0.25, 0.3) is 77.1 Å². The highest BCUT2D eigenvalue weighted by molar-refractivity contribution is 6.31. The van der Waals surface area contributed by atoms with Crippen LogP contribution in [-0.4, -0.2) is 40.0 Å². The summed E-state index contributed by atoms with van der Waals surface area (Å²) < 4.78 is 18.9. The lowest BCUT2D eigenvalue weighted by Gasteiger charge is -2.14. The van der Waals surface area contributed by atoms with Crippen molar-refractivity contribution < 1.29 is 4.39 Å². The number of fused-ring (bicyclic) bond motifs is 3. The predicted molar refractivity (Wildman–Crippen MR) is 235 cm³/mol. The Hall–Kier alpha value is -7.82. The molecule has 0 unspecified atom stereocenters. The van der Waals surface area contributed by atoms with E-state index >= 15 is 4.39 Å². The summed E-state index contributed by atoms with van der Waals surface area (Å²) in [6.45, 7) is 2.49. The van der Waals surface area contributed by atoms with Crippen LogP contribution in [0.15, 0.2) is 94.8 Å². The Balaban J connectivity index is 1.04. The van der Waals surface area contributed by atoms with Gasteiger partial charge in [0.15, 0.2) is 0 Å². The van der Waals surface area contributed by atoms with Crippen LogP contribution in [0.4, 0.5) is 4.39 Å². The number of hydrogen-bond donors (Lipinski definition) is 4. The molecule has 4 aromatic heterocycles. The highest BCUT2D eigenvalue weighted by Gasteiger charge is 2.22. The molecule has 5 N–H and O–H groups in total. The Morgan fingerprint density at radius 3 is 2.10 bits per heavy atom. The van der Waals surface area contributed by atoms with E-state index in [1.54, 1.807) is 47.0 Å². The predicted octanol–water partition coefficient (Wildman–Crippen LogP) is 7.04. The molecule has 304 valence electrons. The molecule has 0 atom stereocenters. The van der Waals surface area contributed by atoms with Crippen LogP contribution in [-0.2, 0) is 33.7 Å². The van der Waals surface area contributed by atoms with Gasteiger partial charge >= 0.3 is 0 Å². The number of benzene rings is 5. The standard InChI is InChI=1S/C46H34ClFN12O2/c1-23-34(16-49)28(10-11-38(23)47)43-36(20-53-59(43)2)26-7-9-30-32(13-26)41(56-57-45(30)61)22-52-19-24-4-5-25-6-8-29(35(17-50)31(25)12-24)44-37(21-54-60(44)3)27-14-33-40(18-51)55-58-46(62)42(33)39(48)15-27/h4-15,20-21,52H,18-19,22,51H2,1-3H3,(H,57,61)(H,58,62). The molecule has 0 aliphatic rings. The largest absolute Gasteiger partial charge is 0.325 e. The summed E-state index contributed by atoms with van der Waals surface area (Å²) in [4.78, 5) is 25.5. The molecule has 0 bridgehead atoms. The molecule has 0 spiro atoms. The van der Waals surface area contributed by atoms with Gasteiger partial charge in [-0.2, -0.15) is 30.9 Å². The molecule has 0 amide bonds. The van der Waals surface area contributed by atoms with Gasteiger partial charge in [-0.05, 0) is 77.0 Å². The van der Waals surface area contributed by atoms with E-state index in [0.717, 1.165) is 27.8 Å². The van der Waals surface area contributed by atoms with Crippen LogP contribution < -0.4 is 22.2 Å². The molecule has 0 saturated carbocycles. The first-order chi connectivity index (χ1) is 30.0. The third kappa shape index (κ3) is 6.57. The quantitative estimate of drug-likeness (QED) is 0.116. The summed E-state index contributed by atoms with van der Waals surface area (Å²) in [6, 6.07) is 26.4. The van der Waals surface area contributed by atoms with Crippen molar-refractivity contribution in [2.75, 3.05) is 0 Å². The van der Waals surface area contributed by atoms with Crippen LogP contribution in [0.5, 0.6) is 0 Å². The first kappa shape index (κ1) is 39.6.